The number of hydrogen-bond donors (Lipinski definition) is 0. The number of aryl methyl sites for hydroxylation is 1. The zero-order valence-electron chi connectivity index (χ0n) is 13.2. The van der Waals surface area contributed by atoms with Crippen LogP contribution in [-0.2, 0) is 14.8 Å². The van der Waals surface area contributed by atoms with E-state index in [9.17, 15) is 13.2 Å². The Hall–Kier alpha value is -1.60. The van der Waals surface area contributed by atoms with Crippen LogP contribution in [0.25, 0.3) is 0 Å². The molecule has 1 heterocycles. The second-order valence-corrected chi connectivity index (χ2v) is 7.21. The van der Waals surface area contributed by atoms with Crippen molar-refractivity contribution >= 4 is 15.9 Å². The Kier molecular flexibility index (Phi) is 5.08. The van der Waals surface area contributed by atoms with Crippen molar-refractivity contribution in [3.05, 3.63) is 23.8 Å². The van der Waals surface area contributed by atoms with Gasteiger partial charge in [-0.05, 0) is 37.6 Å². The first-order valence-corrected chi connectivity index (χ1v) is 8.79. The van der Waals surface area contributed by atoms with Gasteiger partial charge in [0.1, 0.15) is 5.75 Å². The largest absolute Gasteiger partial charge is 0.494 e. The molecule has 0 aromatic heterocycles. The van der Waals surface area contributed by atoms with Gasteiger partial charge < -0.3 is 9.64 Å². The van der Waals surface area contributed by atoms with Crippen molar-refractivity contribution < 1.29 is 17.9 Å². The topological polar surface area (TPSA) is 66.9 Å². The molecule has 0 spiro atoms. The maximum absolute atomic E-state index is 12.7. The van der Waals surface area contributed by atoms with Gasteiger partial charge in [-0.15, -0.1) is 0 Å². The summed E-state index contributed by atoms with van der Waals surface area (Å²) in [6.45, 7) is 7.29. The molecule has 1 aliphatic rings. The van der Waals surface area contributed by atoms with E-state index in [1.54, 1.807) is 23.1 Å². The number of carbonyl (C=O) groups is 1. The average molecular weight is 326 g/mol. The highest BCUT2D eigenvalue weighted by Gasteiger charge is 2.29. The highest BCUT2D eigenvalue weighted by Crippen LogP contribution is 2.24. The van der Waals surface area contributed by atoms with Gasteiger partial charge in [0.25, 0.3) is 0 Å². The number of amides is 1. The van der Waals surface area contributed by atoms with Gasteiger partial charge in [-0.2, -0.15) is 4.31 Å². The summed E-state index contributed by atoms with van der Waals surface area (Å²) in [4.78, 5) is 13.2. The molecule has 6 nitrogen and oxygen atoms in total. The predicted octanol–water partition coefficient (Wildman–Crippen LogP) is 1.25. The van der Waals surface area contributed by atoms with E-state index < -0.39 is 10.0 Å². The Morgan fingerprint density at radius 2 is 1.86 bits per heavy atom. The highest BCUT2D eigenvalue weighted by molar-refractivity contribution is 7.89. The standard InChI is InChI=1S/C15H22N2O4S/c1-4-21-15-6-5-14(11-12(15)2)22(19,20)17-9-7-16(8-10-17)13(3)18/h5-6,11H,4,7-10H2,1-3H3. The summed E-state index contributed by atoms with van der Waals surface area (Å²) in [6.07, 6.45) is 0. The third kappa shape index (κ3) is 3.41. The van der Waals surface area contributed by atoms with Crippen LogP contribution < -0.4 is 4.74 Å². The lowest BCUT2D eigenvalue weighted by molar-refractivity contribution is -0.129. The number of sulfonamides is 1. The summed E-state index contributed by atoms with van der Waals surface area (Å²) >= 11 is 0. The minimum absolute atomic E-state index is 0.0195. The maximum atomic E-state index is 12.7. The number of nitrogens with zero attached hydrogens (tertiary/aromatic N) is 2. The molecule has 122 valence electrons. The van der Waals surface area contributed by atoms with Crippen LogP contribution in [0.4, 0.5) is 0 Å². The van der Waals surface area contributed by atoms with Gasteiger partial charge in [-0.3, -0.25) is 4.79 Å². The number of hydrogen-bond acceptors (Lipinski definition) is 4. The number of rotatable bonds is 4. The van der Waals surface area contributed by atoms with Crippen LogP contribution in [0.5, 0.6) is 5.75 Å². The smallest absolute Gasteiger partial charge is 0.243 e. The van der Waals surface area contributed by atoms with E-state index in [4.69, 9.17) is 4.74 Å². The SMILES string of the molecule is CCOc1ccc(S(=O)(=O)N2CCN(C(C)=O)CC2)cc1C. The Morgan fingerprint density at radius 1 is 1.23 bits per heavy atom. The zero-order valence-corrected chi connectivity index (χ0v) is 14.0. The van der Waals surface area contributed by atoms with Crippen LogP contribution in [0.3, 0.4) is 0 Å². The first-order chi connectivity index (χ1) is 10.4. The molecule has 0 atom stereocenters. The molecule has 2 rings (SSSR count). The summed E-state index contributed by atoms with van der Waals surface area (Å²) < 4.78 is 32.2. The van der Waals surface area contributed by atoms with Crippen molar-refractivity contribution in [2.24, 2.45) is 0 Å². The average Bonchev–Trinajstić information content (AvgIpc) is 2.49. The van der Waals surface area contributed by atoms with Gasteiger partial charge in [-0.1, -0.05) is 0 Å². The van der Waals surface area contributed by atoms with E-state index in [1.807, 2.05) is 13.8 Å². The van der Waals surface area contributed by atoms with Crippen molar-refractivity contribution in [3.8, 4) is 5.75 Å². The van der Waals surface area contributed by atoms with Crippen LogP contribution in [0.15, 0.2) is 23.1 Å². The summed E-state index contributed by atoms with van der Waals surface area (Å²) in [5.41, 5.74) is 0.797. The number of benzene rings is 1. The van der Waals surface area contributed by atoms with Crippen molar-refractivity contribution in [2.75, 3.05) is 32.8 Å². The van der Waals surface area contributed by atoms with Gasteiger partial charge in [-0.25, -0.2) is 8.42 Å². The maximum Gasteiger partial charge on any atom is 0.243 e. The molecule has 1 amide bonds. The van der Waals surface area contributed by atoms with Crippen LogP contribution >= 0.6 is 0 Å². The molecule has 1 aromatic carbocycles. The Labute approximate surface area is 131 Å². The normalized spacial score (nSPS) is 16.6. The molecule has 7 heteroatoms. The van der Waals surface area contributed by atoms with Crippen LogP contribution in [0.1, 0.15) is 19.4 Å². The molecule has 1 aliphatic heterocycles. The lowest BCUT2D eigenvalue weighted by Gasteiger charge is -2.33. The first-order valence-electron chi connectivity index (χ1n) is 7.35. The second-order valence-electron chi connectivity index (χ2n) is 5.27. The number of ether oxygens (including phenoxy) is 1. The third-order valence-electron chi connectivity index (χ3n) is 3.77. The fourth-order valence-corrected chi connectivity index (χ4v) is 4.00. The molecule has 1 aromatic rings. The Morgan fingerprint density at radius 3 is 2.36 bits per heavy atom. The van der Waals surface area contributed by atoms with Crippen LogP contribution in [0.2, 0.25) is 0 Å². The van der Waals surface area contributed by atoms with Crippen molar-refractivity contribution in [1.82, 2.24) is 9.21 Å². The first kappa shape index (κ1) is 16.8. The fraction of sp³-hybridized carbons (Fsp3) is 0.533. The van der Waals surface area contributed by atoms with E-state index in [0.29, 0.717) is 38.5 Å². The van der Waals surface area contributed by atoms with E-state index in [0.717, 1.165) is 5.56 Å². The van der Waals surface area contributed by atoms with Crippen LogP contribution in [-0.4, -0.2) is 56.3 Å². The lowest BCUT2D eigenvalue weighted by atomic mass is 10.2. The van der Waals surface area contributed by atoms with Crippen molar-refractivity contribution in [2.45, 2.75) is 25.7 Å². The minimum Gasteiger partial charge on any atom is -0.494 e. The molecule has 22 heavy (non-hydrogen) atoms. The molecule has 0 aliphatic carbocycles. The molecule has 0 bridgehead atoms. The van der Waals surface area contributed by atoms with Gasteiger partial charge in [0.05, 0.1) is 11.5 Å². The van der Waals surface area contributed by atoms with Crippen LogP contribution in [0, 0.1) is 6.92 Å². The minimum atomic E-state index is -3.53. The number of carbonyl (C=O) groups excluding carboxylic acids is 1. The summed E-state index contributed by atoms with van der Waals surface area (Å²) in [5.74, 6) is 0.678. The van der Waals surface area contributed by atoms with E-state index in [2.05, 4.69) is 0 Å². The second kappa shape index (κ2) is 6.66. The van der Waals surface area contributed by atoms with Crippen molar-refractivity contribution in [1.29, 1.82) is 0 Å². The molecule has 0 unspecified atom stereocenters. The van der Waals surface area contributed by atoms with E-state index >= 15 is 0 Å². The third-order valence-corrected chi connectivity index (χ3v) is 5.66. The lowest BCUT2D eigenvalue weighted by Crippen LogP contribution is -2.49. The molecular weight excluding hydrogens is 304 g/mol. The molecule has 1 fully saturated rings. The molecule has 0 N–H and O–H groups in total. The zero-order chi connectivity index (χ0) is 16.3. The Bertz CT molecular complexity index is 650. The van der Waals surface area contributed by atoms with Gasteiger partial charge in [0.2, 0.25) is 15.9 Å². The predicted molar refractivity (Wildman–Crippen MR) is 83.4 cm³/mol. The summed E-state index contributed by atoms with van der Waals surface area (Å²) in [7, 11) is -3.53. The van der Waals surface area contributed by atoms with E-state index in [1.165, 1.54) is 11.2 Å². The number of piperazine rings is 1. The van der Waals surface area contributed by atoms with Gasteiger partial charge >= 0.3 is 0 Å². The highest BCUT2D eigenvalue weighted by atomic mass is 32.2. The van der Waals surface area contributed by atoms with Gasteiger partial charge in [0, 0.05) is 33.1 Å². The summed E-state index contributed by atoms with van der Waals surface area (Å²) in [6, 6.07) is 4.90. The van der Waals surface area contributed by atoms with E-state index in [-0.39, 0.29) is 10.8 Å². The Balaban J connectivity index is 2.17. The molecule has 0 radical (unpaired) electrons. The fourth-order valence-electron chi connectivity index (χ4n) is 2.49. The monoisotopic (exact) mass is 326 g/mol. The molecular formula is C15H22N2O4S. The van der Waals surface area contributed by atoms with Gasteiger partial charge in [0.15, 0.2) is 0 Å². The summed E-state index contributed by atoms with van der Waals surface area (Å²) in [5, 5.41) is 0. The molecule has 0 saturated carbocycles. The molecule has 1 saturated heterocycles. The van der Waals surface area contributed by atoms with Crippen molar-refractivity contribution in [3.63, 3.8) is 0 Å². The quantitative estimate of drug-likeness (QED) is 0.835.